The summed E-state index contributed by atoms with van der Waals surface area (Å²) in [6, 6.07) is 8.32. The number of amides is 1. The number of halogens is 3. The number of aromatic nitrogens is 4. The van der Waals surface area contributed by atoms with E-state index in [1.54, 1.807) is 36.0 Å². The van der Waals surface area contributed by atoms with Crippen molar-refractivity contribution in [3.63, 3.8) is 0 Å². The van der Waals surface area contributed by atoms with Crippen molar-refractivity contribution in [3.8, 4) is 17.5 Å². The molecule has 224 valence electrons. The fourth-order valence-corrected chi connectivity index (χ4v) is 4.37. The Balaban J connectivity index is 0.00000207. The van der Waals surface area contributed by atoms with E-state index in [9.17, 15) is 18.0 Å². The number of carbonyl (C=O) groups excluding carboxylic acids is 1. The van der Waals surface area contributed by atoms with Crippen LogP contribution < -0.4 is 16.4 Å². The normalized spacial score (nSPS) is 12.3. The molecule has 2 aromatic heterocycles. The zero-order valence-electron chi connectivity index (χ0n) is 24.8. The Hall–Kier alpha value is -5.05. The number of nitrogens with zero attached hydrogens (tertiary/aromatic N) is 5. The van der Waals surface area contributed by atoms with Crippen molar-refractivity contribution in [1.82, 2.24) is 19.3 Å². The van der Waals surface area contributed by atoms with E-state index in [4.69, 9.17) is 5.73 Å². The van der Waals surface area contributed by atoms with Gasteiger partial charge in [-0.1, -0.05) is 25.8 Å². The van der Waals surface area contributed by atoms with Gasteiger partial charge in [0.1, 0.15) is 24.0 Å². The Morgan fingerprint density at radius 2 is 1.86 bits per heavy atom. The molecule has 1 aliphatic rings. The van der Waals surface area contributed by atoms with Crippen LogP contribution in [0.5, 0.6) is 0 Å². The molecule has 0 atom stereocenters. The highest BCUT2D eigenvalue weighted by atomic mass is 19.4. The lowest BCUT2D eigenvalue weighted by Gasteiger charge is -2.16. The molecule has 3 heterocycles. The van der Waals surface area contributed by atoms with Gasteiger partial charge in [0.25, 0.3) is 5.91 Å². The van der Waals surface area contributed by atoms with Gasteiger partial charge in [0.2, 0.25) is 0 Å². The molecule has 1 amide bonds. The second-order valence-electron chi connectivity index (χ2n) is 9.91. The molecule has 1 aliphatic heterocycles. The van der Waals surface area contributed by atoms with Crippen molar-refractivity contribution in [2.24, 2.45) is 10.7 Å². The average Bonchev–Trinajstić information content (AvgIpc) is 3.57. The van der Waals surface area contributed by atoms with Gasteiger partial charge in [-0.05, 0) is 69.5 Å². The van der Waals surface area contributed by atoms with E-state index >= 15 is 0 Å². The van der Waals surface area contributed by atoms with E-state index in [2.05, 4.69) is 37.5 Å². The molecule has 0 saturated carbocycles. The van der Waals surface area contributed by atoms with Crippen LogP contribution in [0.25, 0.3) is 5.69 Å². The van der Waals surface area contributed by atoms with E-state index in [1.165, 1.54) is 17.0 Å². The standard InChI is InChI=1S/C29H27F3N8O.C2H6/c1-16(2)40-27-25(26(33)34-14-35-27)24(38-40)8-7-19-9-20(6-5-17(19)3)28(41)37-22-10-21(29(30,31)32)11-23(12-22)39-13-18(4)36-15-39;1-2/h5-6,9-13,15-16,35H,14H2,1-4H3,(H2,33,34)(H,37,41);1-2H3. The molecule has 0 unspecified atom stereocenters. The molecule has 0 bridgehead atoms. The number of anilines is 2. The monoisotopic (exact) mass is 590 g/mol. The maximum atomic E-state index is 13.6. The minimum absolute atomic E-state index is 0.00694. The maximum Gasteiger partial charge on any atom is 0.416 e. The Kier molecular flexibility index (Phi) is 8.94. The zero-order chi connectivity index (χ0) is 31.5. The Labute approximate surface area is 248 Å². The van der Waals surface area contributed by atoms with Gasteiger partial charge in [0.15, 0.2) is 0 Å². The summed E-state index contributed by atoms with van der Waals surface area (Å²) in [5, 5.41) is 10.4. The quantitative estimate of drug-likeness (QED) is 0.250. The van der Waals surface area contributed by atoms with E-state index in [0.717, 1.165) is 23.5 Å². The molecule has 0 aliphatic carbocycles. The first kappa shape index (κ1) is 30.9. The minimum Gasteiger partial charge on any atom is -0.383 e. The summed E-state index contributed by atoms with van der Waals surface area (Å²) in [5.74, 6) is 6.63. The predicted molar refractivity (Wildman–Crippen MR) is 162 cm³/mol. The van der Waals surface area contributed by atoms with Crippen LogP contribution in [0.3, 0.4) is 0 Å². The first-order valence-corrected chi connectivity index (χ1v) is 13.7. The first-order valence-electron chi connectivity index (χ1n) is 13.7. The van der Waals surface area contributed by atoms with Crippen molar-refractivity contribution in [3.05, 3.63) is 88.1 Å². The zero-order valence-corrected chi connectivity index (χ0v) is 24.8. The summed E-state index contributed by atoms with van der Waals surface area (Å²) in [7, 11) is 0. The van der Waals surface area contributed by atoms with Gasteiger partial charge in [-0.25, -0.2) is 14.7 Å². The van der Waals surface area contributed by atoms with Crippen LogP contribution in [-0.4, -0.2) is 37.7 Å². The number of aryl methyl sites for hydroxylation is 2. The van der Waals surface area contributed by atoms with E-state index < -0.39 is 17.6 Å². The van der Waals surface area contributed by atoms with Crippen LogP contribution in [0.15, 0.2) is 53.9 Å². The number of fused-ring (bicyclic) bond motifs is 1. The minimum atomic E-state index is -4.61. The number of hydrogen-bond acceptors (Lipinski definition) is 6. The highest BCUT2D eigenvalue weighted by Gasteiger charge is 2.31. The van der Waals surface area contributed by atoms with Crippen molar-refractivity contribution < 1.29 is 18.0 Å². The topological polar surface area (TPSA) is 115 Å². The second-order valence-corrected chi connectivity index (χ2v) is 9.91. The van der Waals surface area contributed by atoms with Crippen LogP contribution in [0.2, 0.25) is 0 Å². The number of rotatable bonds is 4. The Morgan fingerprint density at radius 3 is 2.51 bits per heavy atom. The van der Waals surface area contributed by atoms with Gasteiger partial charge in [-0.2, -0.15) is 18.3 Å². The molecule has 4 N–H and O–H groups in total. The number of benzene rings is 2. The van der Waals surface area contributed by atoms with Gasteiger partial charge >= 0.3 is 6.18 Å². The summed E-state index contributed by atoms with van der Waals surface area (Å²) in [5.41, 5.74) is 8.77. The molecular weight excluding hydrogens is 557 g/mol. The third-order valence-electron chi connectivity index (χ3n) is 6.48. The molecule has 2 aromatic carbocycles. The number of imidazole rings is 1. The predicted octanol–water partition coefficient (Wildman–Crippen LogP) is 6.05. The lowest BCUT2D eigenvalue weighted by atomic mass is 10.0. The number of aliphatic imine (C=N–C) groups is 1. The Bertz CT molecular complexity index is 1750. The lowest BCUT2D eigenvalue weighted by molar-refractivity contribution is -0.137. The molecule has 5 rings (SSSR count). The summed E-state index contributed by atoms with van der Waals surface area (Å²) >= 11 is 0. The highest BCUT2D eigenvalue weighted by Crippen LogP contribution is 2.33. The smallest absolute Gasteiger partial charge is 0.383 e. The summed E-state index contributed by atoms with van der Waals surface area (Å²) in [6.07, 6.45) is -1.59. The third-order valence-corrected chi connectivity index (χ3v) is 6.48. The van der Waals surface area contributed by atoms with Crippen LogP contribution in [-0.2, 0) is 6.18 Å². The second kappa shape index (κ2) is 12.4. The average molecular weight is 591 g/mol. The van der Waals surface area contributed by atoms with E-state index in [1.807, 2.05) is 34.6 Å². The number of nitrogens with one attached hydrogen (secondary N) is 2. The SMILES string of the molecule is CC.Cc1cn(-c2cc(NC(=O)c3ccc(C)c(C#Cc4nn(C(C)C)c5c4C(N)=NCN5)c3)cc(C(F)(F)F)c2)cn1. The van der Waals surface area contributed by atoms with Crippen molar-refractivity contribution >= 4 is 23.2 Å². The lowest BCUT2D eigenvalue weighted by Crippen LogP contribution is -2.24. The van der Waals surface area contributed by atoms with Gasteiger partial charge in [-0.15, -0.1) is 0 Å². The van der Waals surface area contributed by atoms with Crippen LogP contribution >= 0.6 is 0 Å². The highest BCUT2D eigenvalue weighted by molar-refractivity contribution is 6.05. The van der Waals surface area contributed by atoms with E-state index in [-0.39, 0.29) is 23.0 Å². The Morgan fingerprint density at radius 1 is 1.12 bits per heavy atom. The molecule has 9 nitrogen and oxygen atoms in total. The summed E-state index contributed by atoms with van der Waals surface area (Å²) in [6.45, 7) is 11.9. The summed E-state index contributed by atoms with van der Waals surface area (Å²) < 4.78 is 44.2. The van der Waals surface area contributed by atoms with Gasteiger partial charge < -0.3 is 20.9 Å². The fourth-order valence-electron chi connectivity index (χ4n) is 4.37. The number of hydrogen-bond donors (Lipinski definition) is 3. The molecule has 0 saturated heterocycles. The molecule has 0 spiro atoms. The molecule has 12 heteroatoms. The molecule has 4 aromatic rings. The van der Waals surface area contributed by atoms with Crippen molar-refractivity contribution in [2.75, 3.05) is 17.3 Å². The first-order chi connectivity index (χ1) is 20.4. The number of amidine groups is 1. The van der Waals surface area contributed by atoms with Gasteiger partial charge in [-0.3, -0.25) is 4.79 Å². The summed E-state index contributed by atoms with van der Waals surface area (Å²) in [4.78, 5) is 21.5. The van der Waals surface area contributed by atoms with Crippen LogP contribution in [0.1, 0.15) is 77.7 Å². The van der Waals surface area contributed by atoms with E-state index in [0.29, 0.717) is 35.0 Å². The van der Waals surface area contributed by atoms with Crippen LogP contribution in [0.4, 0.5) is 24.7 Å². The van der Waals surface area contributed by atoms with Crippen molar-refractivity contribution in [1.29, 1.82) is 0 Å². The maximum absolute atomic E-state index is 13.6. The molecule has 43 heavy (non-hydrogen) atoms. The fraction of sp³-hybridized carbons (Fsp3) is 0.290. The molecule has 0 radical (unpaired) electrons. The molecule has 0 fully saturated rings. The number of carbonyl (C=O) groups is 1. The van der Waals surface area contributed by atoms with Crippen molar-refractivity contribution in [2.45, 2.75) is 53.8 Å². The third kappa shape index (κ3) is 6.72. The van der Waals surface area contributed by atoms with Gasteiger partial charge in [0, 0.05) is 34.7 Å². The number of alkyl halides is 3. The van der Waals surface area contributed by atoms with Gasteiger partial charge in [0.05, 0.1) is 23.1 Å². The largest absolute Gasteiger partial charge is 0.416 e. The number of nitrogens with two attached hydrogens (primary N) is 1. The molecular formula is C31H33F3N8O. The van der Waals surface area contributed by atoms with Crippen LogP contribution in [0, 0.1) is 25.7 Å².